The Labute approximate surface area is 112 Å². The fraction of sp³-hybridized carbons (Fsp3) is 0. The quantitative estimate of drug-likeness (QED) is 0.927. The summed E-state index contributed by atoms with van der Waals surface area (Å²) in [5.74, 6) is 0.104. The minimum absolute atomic E-state index is 0.259. The van der Waals surface area contributed by atoms with Crippen LogP contribution in [0.1, 0.15) is 15.9 Å². The van der Waals surface area contributed by atoms with Gasteiger partial charge in [0.05, 0.1) is 11.6 Å². The zero-order valence-electron chi connectivity index (χ0n) is 9.22. The highest BCUT2D eigenvalue weighted by atomic mass is 79.9. The van der Waals surface area contributed by atoms with Gasteiger partial charge >= 0.3 is 0 Å². The van der Waals surface area contributed by atoms with Gasteiger partial charge in [-0.25, -0.2) is 4.98 Å². The summed E-state index contributed by atoms with van der Waals surface area (Å²) >= 11 is 3.30. The number of rotatable bonds is 2. The minimum atomic E-state index is -0.259. The van der Waals surface area contributed by atoms with Gasteiger partial charge in [-0.3, -0.25) is 4.79 Å². The number of nitriles is 1. The molecule has 0 radical (unpaired) electrons. The highest BCUT2D eigenvalue weighted by Crippen LogP contribution is 2.12. The molecule has 0 saturated carbocycles. The van der Waals surface area contributed by atoms with Crippen LogP contribution in [0.2, 0.25) is 0 Å². The molecule has 18 heavy (non-hydrogen) atoms. The molecule has 2 rings (SSSR count). The fourth-order valence-corrected chi connectivity index (χ4v) is 1.62. The lowest BCUT2D eigenvalue weighted by Gasteiger charge is -2.04. The smallest absolute Gasteiger partial charge is 0.256 e. The van der Waals surface area contributed by atoms with Crippen LogP contribution < -0.4 is 5.32 Å². The standard InChI is InChI=1S/C13H8BrN3O/c14-11-3-1-10(2-4-11)13(18)17-12-7-9(8-15)5-6-16-12/h1-7H,(H,16,17,18). The number of carbonyl (C=O) groups excluding carboxylic acids is 1. The normalized spacial score (nSPS) is 9.56. The van der Waals surface area contributed by atoms with E-state index < -0.39 is 0 Å². The van der Waals surface area contributed by atoms with Gasteiger partial charge in [0.2, 0.25) is 0 Å². The van der Waals surface area contributed by atoms with E-state index in [1.54, 1.807) is 30.3 Å². The molecule has 1 aromatic heterocycles. The van der Waals surface area contributed by atoms with Crippen LogP contribution >= 0.6 is 15.9 Å². The number of hydrogen-bond donors (Lipinski definition) is 1. The molecule has 0 spiro atoms. The Kier molecular flexibility index (Phi) is 3.70. The van der Waals surface area contributed by atoms with Crippen LogP contribution in [0, 0.1) is 11.3 Å². The summed E-state index contributed by atoms with van der Waals surface area (Å²) in [6.45, 7) is 0. The van der Waals surface area contributed by atoms with Crippen molar-refractivity contribution in [3.8, 4) is 6.07 Å². The lowest BCUT2D eigenvalue weighted by atomic mass is 10.2. The predicted octanol–water partition coefficient (Wildman–Crippen LogP) is 2.97. The third-order valence-electron chi connectivity index (χ3n) is 2.24. The van der Waals surface area contributed by atoms with Crippen LogP contribution in [0.15, 0.2) is 47.1 Å². The van der Waals surface area contributed by atoms with E-state index in [1.165, 1.54) is 12.3 Å². The number of hydrogen-bond acceptors (Lipinski definition) is 3. The average Bonchev–Trinajstić information content (AvgIpc) is 2.39. The first-order chi connectivity index (χ1) is 8.69. The Morgan fingerprint density at radius 2 is 2.00 bits per heavy atom. The number of benzene rings is 1. The molecule has 0 aliphatic heterocycles. The molecular formula is C13H8BrN3O. The van der Waals surface area contributed by atoms with E-state index in [4.69, 9.17) is 5.26 Å². The monoisotopic (exact) mass is 301 g/mol. The molecule has 1 amide bonds. The molecule has 0 fully saturated rings. The molecule has 0 aliphatic rings. The maximum Gasteiger partial charge on any atom is 0.256 e. The van der Waals surface area contributed by atoms with Crippen molar-refractivity contribution >= 4 is 27.7 Å². The Balaban J connectivity index is 2.16. The van der Waals surface area contributed by atoms with Gasteiger partial charge in [-0.2, -0.15) is 5.26 Å². The summed E-state index contributed by atoms with van der Waals surface area (Å²) in [6, 6.07) is 12.1. The van der Waals surface area contributed by atoms with E-state index in [1.807, 2.05) is 6.07 Å². The zero-order chi connectivity index (χ0) is 13.0. The first kappa shape index (κ1) is 12.3. The maximum absolute atomic E-state index is 11.9. The van der Waals surface area contributed by atoms with Gasteiger partial charge in [0, 0.05) is 16.2 Å². The molecule has 1 heterocycles. The highest BCUT2D eigenvalue weighted by Gasteiger charge is 2.06. The SMILES string of the molecule is N#Cc1ccnc(NC(=O)c2ccc(Br)cc2)c1. The molecule has 2 aromatic rings. The third-order valence-corrected chi connectivity index (χ3v) is 2.77. The molecule has 0 bridgehead atoms. The Morgan fingerprint density at radius 3 is 2.67 bits per heavy atom. The van der Waals surface area contributed by atoms with E-state index in [0.717, 1.165) is 4.47 Å². The number of pyridine rings is 1. The van der Waals surface area contributed by atoms with E-state index >= 15 is 0 Å². The molecule has 1 aromatic carbocycles. The molecule has 88 valence electrons. The summed E-state index contributed by atoms with van der Waals surface area (Å²) in [5, 5.41) is 11.4. The van der Waals surface area contributed by atoms with Crippen LogP contribution in [-0.4, -0.2) is 10.9 Å². The molecule has 1 N–H and O–H groups in total. The number of aromatic nitrogens is 1. The van der Waals surface area contributed by atoms with Gasteiger partial charge in [0.1, 0.15) is 5.82 Å². The molecule has 4 nitrogen and oxygen atoms in total. The van der Waals surface area contributed by atoms with Crippen molar-refractivity contribution in [2.45, 2.75) is 0 Å². The fourth-order valence-electron chi connectivity index (χ4n) is 1.36. The zero-order valence-corrected chi connectivity index (χ0v) is 10.8. The van der Waals surface area contributed by atoms with Crippen molar-refractivity contribution in [3.63, 3.8) is 0 Å². The maximum atomic E-state index is 11.9. The van der Waals surface area contributed by atoms with Crippen LogP contribution in [0.3, 0.4) is 0 Å². The molecule has 0 atom stereocenters. The van der Waals surface area contributed by atoms with Gasteiger partial charge in [0.15, 0.2) is 0 Å². The number of nitrogens with one attached hydrogen (secondary N) is 1. The van der Waals surface area contributed by atoms with Crippen molar-refractivity contribution in [2.75, 3.05) is 5.32 Å². The average molecular weight is 302 g/mol. The van der Waals surface area contributed by atoms with Gasteiger partial charge in [-0.05, 0) is 36.4 Å². The third kappa shape index (κ3) is 2.93. The van der Waals surface area contributed by atoms with Crippen molar-refractivity contribution in [3.05, 3.63) is 58.2 Å². The van der Waals surface area contributed by atoms with Crippen molar-refractivity contribution in [2.24, 2.45) is 0 Å². The van der Waals surface area contributed by atoms with E-state index in [9.17, 15) is 4.79 Å². The number of anilines is 1. The number of nitrogens with zero attached hydrogens (tertiary/aromatic N) is 2. The largest absolute Gasteiger partial charge is 0.307 e. The van der Waals surface area contributed by atoms with Crippen LogP contribution in [0.5, 0.6) is 0 Å². The first-order valence-electron chi connectivity index (χ1n) is 5.12. The minimum Gasteiger partial charge on any atom is -0.307 e. The van der Waals surface area contributed by atoms with Crippen molar-refractivity contribution in [1.29, 1.82) is 5.26 Å². The summed E-state index contributed by atoms with van der Waals surface area (Å²) < 4.78 is 0.906. The molecular weight excluding hydrogens is 294 g/mol. The number of carbonyl (C=O) groups is 1. The van der Waals surface area contributed by atoms with Gasteiger partial charge < -0.3 is 5.32 Å². The lowest BCUT2D eigenvalue weighted by Crippen LogP contribution is -2.12. The van der Waals surface area contributed by atoms with Crippen LogP contribution in [0.25, 0.3) is 0 Å². The molecule has 0 unspecified atom stereocenters. The van der Waals surface area contributed by atoms with Gasteiger partial charge in [-0.1, -0.05) is 15.9 Å². The molecule has 5 heteroatoms. The first-order valence-corrected chi connectivity index (χ1v) is 5.91. The molecule has 0 aliphatic carbocycles. The highest BCUT2D eigenvalue weighted by molar-refractivity contribution is 9.10. The van der Waals surface area contributed by atoms with E-state index in [2.05, 4.69) is 26.2 Å². The van der Waals surface area contributed by atoms with Crippen LogP contribution in [0.4, 0.5) is 5.82 Å². The van der Waals surface area contributed by atoms with Crippen molar-refractivity contribution < 1.29 is 4.79 Å². The Hall–Kier alpha value is -2.19. The van der Waals surface area contributed by atoms with Crippen LogP contribution in [-0.2, 0) is 0 Å². The Bertz CT molecular complexity index is 617. The predicted molar refractivity (Wildman–Crippen MR) is 71.0 cm³/mol. The summed E-state index contributed by atoms with van der Waals surface area (Å²) in [4.78, 5) is 15.9. The Morgan fingerprint density at radius 1 is 1.28 bits per heavy atom. The van der Waals surface area contributed by atoms with E-state index in [0.29, 0.717) is 16.9 Å². The second-order valence-corrected chi connectivity index (χ2v) is 4.42. The molecule has 0 saturated heterocycles. The summed E-state index contributed by atoms with van der Waals surface area (Å²) in [5.41, 5.74) is 0.985. The number of amides is 1. The van der Waals surface area contributed by atoms with Gasteiger partial charge in [0.25, 0.3) is 5.91 Å². The summed E-state index contributed by atoms with van der Waals surface area (Å²) in [6.07, 6.45) is 1.48. The topological polar surface area (TPSA) is 65.8 Å². The number of halogens is 1. The lowest BCUT2D eigenvalue weighted by molar-refractivity contribution is 0.102. The second kappa shape index (κ2) is 5.43. The van der Waals surface area contributed by atoms with E-state index in [-0.39, 0.29) is 5.91 Å². The van der Waals surface area contributed by atoms with Crippen molar-refractivity contribution in [1.82, 2.24) is 4.98 Å². The van der Waals surface area contributed by atoms with Gasteiger partial charge in [-0.15, -0.1) is 0 Å². The second-order valence-electron chi connectivity index (χ2n) is 3.50. The summed E-state index contributed by atoms with van der Waals surface area (Å²) in [7, 11) is 0.